The Hall–Kier alpha value is -0.630. The Morgan fingerprint density at radius 2 is 2.08 bits per heavy atom. The van der Waals surface area contributed by atoms with E-state index in [1.807, 2.05) is 18.7 Å². The van der Waals surface area contributed by atoms with Crippen LogP contribution in [0.25, 0.3) is 0 Å². The molecular weight excluding hydrogens is 337 g/mol. The summed E-state index contributed by atoms with van der Waals surface area (Å²) in [4.78, 5) is 8.50. The normalized spacial score (nSPS) is 26.0. The number of hydrogen-bond acceptors (Lipinski definition) is 3. The number of alkyl halides is 3. The Morgan fingerprint density at radius 3 is 2.71 bits per heavy atom. The van der Waals surface area contributed by atoms with Gasteiger partial charge in [0.05, 0.1) is 6.54 Å². The van der Waals surface area contributed by atoms with Crippen molar-refractivity contribution in [3.8, 4) is 0 Å². The molecule has 0 aliphatic carbocycles. The minimum Gasteiger partial charge on any atom is -0.357 e. The molecule has 2 aliphatic rings. The van der Waals surface area contributed by atoms with E-state index in [1.165, 1.54) is 4.90 Å². The smallest absolute Gasteiger partial charge is 0.357 e. The fraction of sp³-hybridized carbons (Fsp3) is 0.938. The van der Waals surface area contributed by atoms with Gasteiger partial charge < -0.3 is 10.2 Å². The zero-order valence-corrected chi connectivity index (χ0v) is 15.6. The third kappa shape index (κ3) is 6.35. The Morgan fingerprint density at radius 1 is 1.33 bits per heavy atom. The van der Waals surface area contributed by atoms with E-state index in [9.17, 15) is 13.2 Å². The molecule has 0 saturated carbocycles. The second-order valence-corrected chi connectivity index (χ2v) is 9.03. The van der Waals surface area contributed by atoms with Crippen LogP contribution in [0.15, 0.2) is 4.99 Å². The number of nitrogens with zero attached hydrogens (tertiary/aromatic N) is 3. The first-order valence-corrected chi connectivity index (χ1v) is 9.63. The van der Waals surface area contributed by atoms with Crippen molar-refractivity contribution in [2.75, 3.05) is 51.6 Å². The number of thioether (sulfide) groups is 1. The highest BCUT2D eigenvalue weighted by molar-refractivity contribution is 8.00. The van der Waals surface area contributed by atoms with Gasteiger partial charge in [0.1, 0.15) is 0 Å². The predicted octanol–water partition coefficient (Wildman–Crippen LogP) is 2.66. The molecule has 0 aromatic carbocycles. The highest BCUT2D eigenvalue weighted by Crippen LogP contribution is 2.29. The molecule has 2 saturated heterocycles. The van der Waals surface area contributed by atoms with Crippen LogP contribution in [0.5, 0.6) is 0 Å². The first-order chi connectivity index (χ1) is 11.2. The van der Waals surface area contributed by atoms with Crippen LogP contribution in [0.4, 0.5) is 13.2 Å². The van der Waals surface area contributed by atoms with Crippen molar-refractivity contribution >= 4 is 17.7 Å². The van der Waals surface area contributed by atoms with E-state index in [4.69, 9.17) is 4.99 Å². The van der Waals surface area contributed by atoms with Crippen molar-refractivity contribution in [1.29, 1.82) is 0 Å². The van der Waals surface area contributed by atoms with Gasteiger partial charge in [-0.25, -0.2) is 0 Å². The van der Waals surface area contributed by atoms with E-state index in [-0.39, 0.29) is 10.7 Å². The fourth-order valence-corrected chi connectivity index (χ4v) is 4.41. The quantitative estimate of drug-likeness (QED) is 0.612. The molecule has 2 aliphatic heterocycles. The summed E-state index contributed by atoms with van der Waals surface area (Å²) in [5.41, 5.74) is 0. The van der Waals surface area contributed by atoms with Crippen LogP contribution in [-0.2, 0) is 0 Å². The summed E-state index contributed by atoms with van der Waals surface area (Å²) in [6.45, 7) is 10.0. The molecule has 0 amide bonds. The Balaban J connectivity index is 1.90. The van der Waals surface area contributed by atoms with Crippen molar-refractivity contribution in [1.82, 2.24) is 15.1 Å². The third-order valence-electron chi connectivity index (χ3n) is 4.33. The average Bonchev–Trinajstić information content (AvgIpc) is 2.87. The summed E-state index contributed by atoms with van der Waals surface area (Å²) in [6, 6.07) is 0. The van der Waals surface area contributed by atoms with Gasteiger partial charge in [-0.2, -0.15) is 24.9 Å². The summed E-state index contributed by atoms with van der Waals surface area (Å²) in [5.74, 6) is 2.19. The van der Waals surface area contributed by atoms with Crippen LogP contribution in [-0.4, -0.2) is 78.2 Å². The molecule has 0 bridgehead atoms. The minimum absolute atomic E-state index is 0.200. The first kappa shape index (κ1) is 19.7. The summed E-state index contributed by atoms with van der Waals surface area (Å²) in [7, 11) is 0. The van der Waals surface area contributed by atoms with Gasteiger partial charge in [-0.1, -0.05) is 0 Å². The standard InChI is InChI=1S/C16H29F3N4S/c1-4-20-14(23-7-8-24-15(2,3)11-23)21-9-13-5-6-22(10-13)12-16(17,18)19/h13H,4-12H2,1-3H3,(H,20,21). The average molecular weight is 366 g/mol. The molecule has 2 rings (SSSR count). The number of nitrogens with one attached hydrogen (secondary N) is 1. The van der Waals surface area contributed by atoms with E-state index in [0.29, 0.717) is 19.6 Å². The van der Waals surface area contributed by atoms with E-state index >= 15 is 0 Å². The van der Waals surface area contributed by atoms with Crippen molar-refractivity contribution in [3.05, 3.63) is 0 Å². The number of hydrogen-bond donors (Lipinski definition) is 1. The molecule has 2 heterocycles. The minimum atomic E-state index is -4.11. The summed E-state index contributed by atoms with van der Waals surface area (Å²) < 4.78 is 37.6. The summed E-state index contributed by atoms with van der Waals surface area (Å²) in [5, 5.41) is 3.34. The second-order valence-electron chi connectivity index (χ2n) is 7.23. The molecule has 1 unspecified atom stereocenters. The molecule has 0 radical (unpaired) electrons. The van der Waals surface area contributed by atoms with Crippen LogP contribution in [0.1, 0.15) is 27.2 Å². The van der Waals surface area contributed by atoms with Gasteiger partial charge in [0.25, 0.3) is 0 Å². The van der Waals surface area contributed by atoms with Crippen molar-refractivity contribution in [3.63, 3.8) is 0 Å². The molecule has 0 aromatic heterocycles. The highest BCUT2D eigenvalue weighted by Gasteiger charge is 2.34. The number of aliphatic imine (C=N–C) groups is 1. The van der Waals surface area contributed by atoms with E-state index in [2.05, 4.69) is 24.1 Å². The zero-order chi connectivity index (χ0) is 17.8. The van der Waals surface area contributed by atoms with Gasteiger partial charge in [-0.15, -0.1) is 0 Å². The molecule has 4 nitrogen and oxygen atoms in total. The predicted molar refractivity (Wildman–Crippen MR) is 94.7 cm³/mol. The maximum atomic E-state index is 12.5. The SMILES string of the molecule is CCNC(=NCC1CCN(CC(F)(F)F)C1)N1CCSC(C)(C)C1. The Labute approximate surface area is 147 Å². The lowest BCUT2D eigenvalue weighted by Gasteiger charge is -2.39. The van der Waals surface area contributed by atoms with Crippen molar-refractivity contribution in [2.24, 2.45) is 10.9 Å². The number of rotatable bonds is 4. The number of halogens is 3. The van der Waals surface area contributed by atoms with Gasteiger partial charge in [0.2, 0.25) is 0 Å². The van der Waals surface area contributed by atoms with E-state index < -0.39 is 12.7 Å². The fourth-order valence-electron chi connectivity index (χ4n) is 3.30. The van der Waals surface area contributed by atoms with Gasteiger partial charge in [0, 0.05) is 43.2 Å². The van der Waals surface area contributed by atoms with Gasteiger partial charge >= 0.3 is 6.18 Å². The van der Waals surface area contributed by atoms with Crippen LogP contribution in [0, 0.1) is 5.92 Å². The summed E-state index contributed by atoms with van der Waals surface area (Å²) >= 11 is 1.97. The molecular formula is C16H29F3N4S. The Bertz CT molecular complexity index is 440. The third-order valence-corrected chi connectivity index (χ3v) is 5.63. The van der Waals surface area contributed by atoms with Crippen LogP contribution in [0.3, 0.4) is 0 Å². The maximum Gasteiger partial charge on any atom is 0.401 e. The largest absolute Gasteiger partial charge is 0.401 e. The number of likely N-dealkylation sites (tertiary alicyclic amines) is 1. The Kier molecular flexibility index (Phi) is 6.70. The van der Waals surface area contributed by atoms with Gasteiger partial charge in [-0.05, 0) is 39.7 Å². The van der Waals surface area contributed by atoms with E-state index in [0.717, 1.165) is 37.8 Å². The molecule has 0 aromatic rings. The molecule has 8 heteroatoms. The summed E-state index contributed by atoms with van der Waals surface area (Å²) in [6.07, 6.45) is -3.32. The van der Waals surface area contributed by atoms with Gasteiger partial charge in [-0.3, -0.25) is 9.89 Å². The highest BCUT2D eigenvalue weighted by atomic mass is 32.2. The molecule has 2 fully saturated rings. The second kappa shape index (κ2) is 8.17. The van der Waals surface area contributed by atoms with Crippen LogP contribution in [0.2, 0.25) is 0 Å². The topological polar surface area (TPSA) is 30.9 Å². The molecule has 1 N–H and O–H groups in total. The van der Waals surface area contributed by atoms with Crippen LogP contribution < -0.4 is 5.32 Å². The lowest BCUT2D eigenvalue weighted by Crippen LogP contribution is -2.51. The molecule has 0 spiro atoms. The zero-order valence-electron chi connectivity index (χ0n) is 14.8. The monoisotopic (exact) mass is 366 g/mol. The van der Waals surface area contributed by atoms with Crippen LogP contribution >= 0.6 is 11.8 Å². The lowest BCUT2D eigenvalue weighted by atomic mass is 10.1. The molecule has 24 heavy (non-hydrogen) atoms. The van der Waals surface area contributed by atoms with Crippen molar-refractivity contribution in [2.45, 2.75) is 38.1 Å². The van der Waals surface area contributed by atoms with Gasteiger partial charge in [0.15, 0.2) is 5.96 Å². The van der Waals surface area contributed by atoms with E-state index in [1.54, 1.807) is 0 Å². The first-order valence-electron chi connectivity index (χ1n) is 8.65. The lowest BCUT2D eigenvalue weighted by molar-refractivity contribution is -0.143. The molecule has 1 atom stereocenters. The van der Waals surface area contributed by atoms with Crippen molar-refractivity contribution < 1.29 is 13.2 Å². The molecule has 140 valence electrons. The number of guanidine groups is 1. The maximum absolute atomic E-state index is 12.5.